The molecule has 1 aliphatic rings. The van der Waals surface area contributed by atoms with Gasteiger partial charge in [0.15, 0.2) is 11.5 Å². The minimum Gasteiger partial charge on any atom is -0.481 e. The highest BCUT2D eigenvalue weighted by molar-refractivity contribution is 5.78. The van der Waals surface area contributed by atoms with Crippen LogP contribution in [0.2, 0.25) is 0 Å². The van der Waals surface area contributed by atoms with E-state index in [4.69, 9.17) is 9.47 Å². The second-order valence-corrected chi connectivity index (χ2v) is 8.56. The van der Waals surface area contributed by atoms with Gasteiger partial charge in [-0.15, -0.1) is 0 Å². The second kappa shape index (κ2) is 12.6. The summed E-state index contributed by atoms with van der Waals surface area (Å²) in [7, 11) is 1.58. The summed E-state index contributed by atoms with van der Waals surface area (Å²) in [6.07, 6.45) is 5.56. The Kier molecular flexibility index (Phi) is 8.99. The Balaban J connectivity index is 1.59. The summed E-state index contributed by atoms with van der Waals surface area (Å²) in [5.74, 6) is 0.869. The van der Waals surface area contributed by atoms with E-state index in [1.807, 2.05) is 12.1 Å². The molecular formula is C25H35N7O3. The third-order valence-corrected chi connectivity index (χ3v) is 6.04. The van der Waals surface area contributed by atoms with Gasteiger partial charge in [-0.25, -0.2) is 15.0 Å². The van der Waals surface area contributed by atoms with Gasteiger partial charge >= 0.3 is 0 Å². The van der Waals surface area contributed by atoms with Crippen LogP contribution in [0, 0.1) is 0 Å². The number of hydrogen-bond donors (Lipinski definition) is 2. The number of nitrogens with zero attached hydrogens (tertiary/aromatic N) is 5. The van der Waals surface area contributed by atoms with Crippen molar-refractivity contribution >= 4 is 17.0 Å². The average molecular weight is 482 g/mol. The summed E-state index contributed by atoms with van der Waals surface area (Å²) >= 11 is 0. The molecule has 1 aliphatic heterocycles. The van der Waals surface area contributed by atoms with Gasteiger partial charge in [-0.05, 0) is 38.1 Å². The van der Waals surface area contributed by atoms with Crippen LogP contribution >= 0.6 is 0 Å². The highest BCUT2D eigenvalue weighted by Crippen LogP contribution is 2.23. The molecule has 4 rings (SSSR count). The lowest BCUT2D eigenvalue weighted by molar-refractivity contribution is 0.127. The number of pyridine rings is 2. The van der Waals surface area contributed by atoms with Crippen LogP contribution < -0.4 is 20.9 Å². The van der Waals surface area contributed by atoms with Crippen molar-refractivity contribution in [2.75, 3.05) is 64.9 Å². The summed E-state index contributed by atoms with van der Waals surface area (Å²) in [6, 6.07) is 5.66. The van der Waals surface area contributed by atoms with Gasteiger partial charge in [0.05, 0.1) is 19.2 Å². The van der Waals surface area contributed by atoms with Crippen molar-refractivity contribution < 1.29 is 9.47 Å². The van der Waals surface area contributed by atoms with Crippen LogP contribution in [-0.4, -0.2) is 84.0 Å². The van der Waals surface area contributed by atoms with E-state index in [2.05, 4.69) is 37.4 Å². The number of anilines is 1. The van der Waals surface area contributed by atoms with Crippen molar-refractivity contribution in [1.82, 2.24) is 29.7 Å². The number of ether oxygens (including phenoxy) is 2. The van der Waals surface area contributed by atoms with E-state index in [-0.39, 0.29) is 5.56 Å². The molecule has 0 aliphatic carbocycles. The van der Waals surface area contributed by atoms with Crippen molar-refractivity contribution in [1.29, 1.82) is 0 Å². The highest BCUT2D eigenvalue weighted by atomic mass is 16.5. The van der Waals surface area contributed by atoms with Gasteiger partial charge in [-0.3, -0.25) is 9.36 Å². The van der Waals surface area contributed by atoms with Crippen LogP contribution in [0.1, 0.15) is 19.8 Å². The first kappa shape index (κ1) is 25.0. The lowest BCUT2D eigenvalue weighted by Crippen LogP contribution is -2.34. The molecule has 0 unspecified atom stereocenters. The van der Waals surface area contributed by atoms with Gasteiger partial charge in [-0.2, -0.15) is 0 Å². The molecule has 10 heteroatoms. The molecule has 3 aromatic rings. The molecule has 188 valence electrons. The van der Waals surface area contributed by atoms with Crippen LogP contribution in [-0.2, 0) is 11.3 Å². The zero-order valence-corrected chi connectivity index (χ0v) is 20.6. The Bertz CT molecular complexity index is 1140. The number of nitrogens with one attached hydrogen (secondary N) is 2. The lowest BCUT2D eigenvalue weighted by atomic mass is 10.1. The van der Waals surface area contributed by atoms with Crippen LogP contribution in [0.25, 0.3) is 22.3 Å². The topological polar surface area (TPSA) is 106 Å². The Morgan fingerprint density at radius 1 is 1.09 bits per heavy atom. The number of rotatable bonds is 11. The standard InChI is InChI=1S/C25H35N7O3/c1-3-14-35-15-13-32-21-16-20(19-5-6-22(34-2)28-17-19)18-29-23(21)30-24(25(32)33)27-9-12-31-10-4-7-26-8-11-31/h5-6,16-18,26H,3-4,7-15H2,1-2H3,(H,27,29,30). The molecule has 10 nitrogen and oxygen atoms in total. The van der Waals surface area contributed by atoms with Crippen molar-refractivity contribution in [3.05, 3.63) is 40.9 Å². The first-order valence-corrected chi connectivity index (χ1v) is 12.3. The van der Waals surface area contributed by atoms with Crippen LogP contribution in [0.4, 0.5) is 5.82 Å². The molecule has 0 aromatic carbocycles. The molecule has 4 heterocycles. The van der Waals surface area contributed by atoms with Gasteiger partial charge in [0.25, 0.3) is 5.56 Å². The number of aromatic nitrogens is 4. The molecule has 35 heavy (non-hydrogen) atoms. The van der Waals surface area contributed by atoms with E-state index in [0.717, 1.165) is 56.7 Å². The Morgan fingerprint density at radius 3 is 2.77 bits per heavy atom. The zero-order valence-electron chi connectivity index (χ0n) is 20.6. The SMILES string of the molecule is CCCOCCn1c(=O)c(NCCN2CCCNCC2)nc2ncc(-c3ccc(OC)nc3)cc21. The van der Waals surface area contributed by atoms with E-state index < -0.39 is 0 Å². The molecular weight excluding hydrogens is 446 g/mol. The van der Waals surface area contributed by atoms with Crippen LogP contribution in [0.3, 0.4) is 0 Å². The summed E-state index contributed by atoms with van der Waals surface area (Å²) < 4.78 is 12.6. The van der Waals surface area contributed by atoms with Crippen molar-refractivity contribution in [2.45, 2.75) is 26.3 Å². The predicted molar refractivity (Wildman–Crippen MR) is 137 cm³/mol. The van der Waals surface area contributed by atoms with Gasteiger partial charge < -0.3 is 25.0 Å². The third kappa shape index (κ3) is 6.53. The maximum absolute atomic E-state index is 13.4. The normalized spacial score (nSPS) is 14.7. The number of fused-ring (bicyclic) bond motifs is 1. The molecule has 0 saturated carbocycles. The molecule has 0 amide bonds. The quantitative estimate of drug-likeness (QED) is 0.398. The van der Waals surface area contributed by atoms with E-state index in [9.17, 15) is 4.79 Å². The van der Waals surface area contributed by atoms with Gasteiger partial charge in [0.2, 0.25) is 5.88 Å². The minimum atomic E-state index is -0.165. The number of hydrogen-bond acceptors (Lipinski definition) is 9. The lowest BCUT2D eigenvalue weighted by Gasteiger charge is -2.20. The molecule has 0 spiro atoms. The van der Waals surface area contributed by atoms with Crippen molar-refractivity contribution in [2.24, 2.45) is 0 Å². The fourth-order valence-corrected chi connectivity index (χ4v) is 4.15. The Labute approximate surface area is 205 Å². The second-order valence-electron chi connectivity index (χ2n) is 8.56. The Morgan fingerprint density at radius 2 is 1.97 bits per heavy atom. The maximum Gasteiger partial charge on any atom is 0.293 e. The first-order valence-electron chi connectivity index (χ1n) is 12.3. The van der Waals surface area contributed by atoms with Crippen LogP contribution in [0.5, 0.6) is 5.88 Å². The zero-order chi connectivity index (χ0) is 24.5. The van der Waals surface area contributed by atoms with E-state index in [1.54, 1.807) is 30.1 Å². The van der Waals surface area contributed by atoms with Crippen molar-refractivity contribution in [3.8, 4) is 17.0 Å². The molecule has 0 atom stereocenters. The fraction of sp³-hybridized carbons (Fsp3) is 0.520. The predicted octanol–water partition coefficient (Wildman–Crippen LogP) is 2.00. The summed E-state index contributed by atoms with van der Waals surface area (Å²) in [4.78, 5) is 29.3. The Hall–Kier alpha value is -3.08. The summed E-state index contributed by atoms with van der Waals surface area (Å²) in [5, 5.41) is 6.68. The van der Waals surface area contributed by atoms with Gasteiger partial charge in [-0.1, -0.05) is 6.92 Å². The highest BCUT2D eigenvalue weighted by Gasteiger charge is 2.14. The largest absolute Gasteiger partial charge is 0.481 e. The van der Waals surface area contributed by atoms with E-state index in [0.29, 0.717) is 49.2 Å². The molecule has 0 bridgehead atoms. The van der Waals surface area contributed by atoms with E-state index in [1.165, 1.54) is 0 Å². The maximum atomic E-state index is 13.4. The van der Waals surface area contributed by atoms with E-state index >= 15 is 0 Å². The van der Waals surface area contributed by atoms with Crippen LogP contribution in [0.15, 0.2) is 35.4 Å². The molecule has 1 saturated heterocycles. The molecule has 2 N–H and O–H groups in total. The summed E-state index contributed by atoms with van der Waals surface area (Å²) in [6.45, 7) is 9.23. The molecule has 1 fully saturated rings. The van der Waals surface area contributed by atoms with Gasteiger partial charge in [0, 0.05) is 68.9 Å². The minimum absolute atomic E-state index is 0.165. The third-order valence-electron chi connectivity index (χ3n) is 6.04. The molecule has 3 aromatic heterocycles. The first-order chi connectivity index (χ1) is 17.2. The monoisotopic (exact) mass is 481 g/mol. The average Bonchev–Trinajstić information content (AvgIpc) is 3.17. The fourth-order valence-electron chi connectivity index (χ4n) is 4.15. The molecule has 0 radical (unpaired) electrons. The summed E-state index contributed by atoms with van der Waals surface area (Å²) in [5.41, 5.74) is 2.77. The number of methoxy groups -OCH3 is 1. The van der Waals surface area contributed by atoms with Gasteiger partial charge in [0.1, 0.15) is 0 Å². The smallest absolute Gasteiger partial charge is 0.293 e. The van der Waals surface area contributed by atoms with Crippen molar-refractivity contribution in [3.63, 3.8) is 0 Å².